The highest BCUT2D eigenvalue weighted by atomic mass is 79.9. The Labute approximate surface area is 127 Å². The van der Waals surface area contributed by atoms with E-state index in [0.717, 1.165) is 23.5 Å². The fourth-order valence-corrected chi connectivity index (χ4v) is 3.03. The van der Waals surface area contributed by atoms with E-state index in [1.807, 2.05) is 11.0 Å². The van der Waals surface area contributed by atoms with Crippen LogP contribution in [-0.2, 0) is 13.1 Å². The number of benzene rings is 1. The molecule has 0 aliphatic carbocycles. The van der Waals surface area contributed by atoms with Crippen molar-refractivity contribution in [2.24, 2.45) is 5.92 Å². The van der Waals surface area contributed by atoms with Gasteiger partial charge in [0.15, 0.2) is 0 Å². The van der Waals surface area contributed by atoms with E-state index in [1.165, 1.54) is 31.5 Å². The third-order valence-electron chi connectivity index (χ3n) is 3.94. The minimum atomic E-state index is 0.734. The predicted octanol–water partition coefficient (Wildman–Crippen LogP) is 2.95. The lowest BCUT2D eigenvalue weighted by molar-refractivity contribution is 0.164. The first-order valence-electron chi connectivity index (χ1n) is 7.09. The average molecular weight is 335 g/mol. The molecule has 0 amide bonds. The van der Waals surface area contributed by atoms with E-state index in [0.29, 0.717) is 0 Å². The van der Waals surface area contributed by atoms with Crippen molar-refractivity contribution in [1.82, 2.24) is 19.7 Å². The lowest BCUT2D eigenvalue weighted by Crippen LogP contribution is -2.34. The van der Waals surface area contributed by atoms with Gasteiger partial charge in [-0.2, -0.15) is 5.10 Å². The standard InChI is InChI=1S/C15H19BrN4/c16-15-3-1-13(2-4-15)9-19-7-5-14(6-8-19)10-20-12-17-11-18-20/h1-4,11-12,14H,5-10H2. The Bertz CT molecular complexity index is 515. The van der Waals surface area contributed by atoms with Gasteiger partial charge in [-0.1, -0.05) is 28.1 Å². The minimum absolute atomic E-state index is 0.734. The Morgan fingerprint density at radius 1 is 1.15 bits per heavy atom. The van der Waals surface area contributed by atoms with E-state index in [9.17, 15) is 0 Å². The first kappa shape index (κ1) is 13.8. The summed E-state index contributed by atoms with van der Waals surface area (Å²) in [7, 11) is 0. The number of halogens is 1. The first-order chi connectivity index (χ1) is 9.79. The topological polar surface area (TPSA) is 34.0 Å². The summed E-state index contributed by atoms with van der Waals surface area (Å²) >= 11 is 3.48. The second-order valence-electron chi connectivity index (χ2n) is 5.46. The molecule has 0 radical (unpaired) electrons. The number of piperidine rings is 1. The summed E-state index contributed by atoms with van der Waals surface area (Å²) in [6.07, 6.45) is 5.92. The smallest absolute Gasteiger partial charge is 0.137 e. The van der Waals surface area contributed by atoms with Gasteiger partial charge in [0.1, 0.15) is 12.7 Å². The quantitative estimate of drug-likeness (QED) is 0.861. The third-order valence-corrected chi connectivity index (χ3v) is 4.47. The highest BCUT2D eigenvalue weighted by Gasteiger charge is 2.19. The molecule has 1 aromatic carbocycles. The lowest BCUT2D eigenvalue weighted by atomic mass is 9.96. The van der Waals surface area contributed by atoms with Gasteiger partial charge in [-0.3, -0.25) is 9.58 Å². The molecule has 0 saturated carbocycles. The SMILES string of the molecule is Brc1ccc(CN2CCC(Cn3cncn3)CC2)cc1. The highest BCUT2D eigenvalue weighted by molar-refractivity contribution is 9.10. The van der Waals surface area contributed by atoms with Crippen molar-refractivity contribution < 1.29 is 0 Å². The van der Waals surface area contributed by atoms with Crippen LogP contribution in [0.15, 0.2) is 41.4 Å². The second-order valence-corrected chi connectivity index (χ2v) is 6.38. The first-order valence-corrected chi connectivity index (χ1v) is 7.88. The van der Waals surface area contributed by atoms with E-state index in [2.05, 4.69) is 55.2 Å². The van der Waals surface area contributed by atoms with Crippen LogP contribution in [0.5, 0.6) is 0 Å². The maximum atomic E-state index is 4.19. The summed E-state index contributed by atoms with van der Waals surface area (Å²) in [5.41, 5.74) is 1.39. The Hall–Kier alpha value is -1.20. The summed E-state index contributed by atoms with van der Waals surface area (Å²) < 4.78 is 3.10. The Kier molecular flexibility index (Phi) is 4.47. The summed E-state index contributed by atoms with van der Waals surface area (Å²) in [5.74, 6) is 0.734. The van der Waals surface area contributed by atoms with Crippen molar-refractivity contribution in [3.63, 3.8) is 0 Å². The van der Waals surface area contributed by atoms with Crippen LogP contribution >= 0.6 is 15.9 Å². The van der Waals surface area contributed by atoms with Crippen LogP contribution in [0.4, 0.5) is 0 Å². The Morgan fingerprint density at radius 2 is 1.90 bits per heavy atom. The summed E-state index contributed by atoms with van der Waals surface area (Å²) in [4.78, 5) is 6.55. The van der Waals surface area contributed by atoms with Crippen LogP contribution < -0.4 is 0 Å². The molecule has 4 nitrogen and oxygen atoms in total. The third kappa shape index (κ3) is 3.67. The molecule has 1 aliphatic heterocycles. The molecule has 1 aromatic heterocycles. The van der Waals surface area contributed by atoms with E-state index in [-0.39, 0.29) is 0 Å². The van der Waals surface area contributed by atoms with Crippen LogP contribution in [0, 0.1) is 5.92 Å². The Morgan fingerprint density at radius 3 is 2.55 bits per heavy atom. The fourth-order valence-electron chi connectivity index (χ4n) is 2.77. The van der Waals surface area contributed by atoms with E-state index >= 15 is 0 Å². The molecule has 3 rings (SSSR count). The maximum Gasteiger partial charge on any atom is 0.137 e. The second kappa shape index (κ2) is 6.50. The molecule has 106 valence electrons. The lowest BCUT2D eigenvalue weighted by Gasteiger charge is -2.31. The molecule has 20 heavy (non-hydrogen) atoms. The van der Waals surface area contributed by atoms with E-state index in [4.69, 9.17) is 0 Å². The largest absolute Gasteiger partial charge is 0.299 e. The van der Waals surface area contributed by atoms with Gasteiger partial charge in [0, 0.05) is 17.6 Å². The number of rotatable bonds is 4. The molecule has 1 aliphatic rings. The van der Waals surface area contributed by atoms with Crippen molar-refractivity contribution in [3.8, 4) is 0 Å². The molecule has 0 bridgehead atoms. The Balaban J connectivity index is 1.47. The number of aromatic nitrogens is 3. The predicted molar refractivity (Wildman–Crippen MR) is 82.2 cm³/mol. The zero-order valence-corrected chi connectivity index (χ0v) is 13.0. The van der Waals surface area contributed by atoms with Gasteiger partial charge in [0.05, 0.1) is 0 Å². The van der Waals surface area contributed by atoms with Crippen LogP contribution in [0.1, 0.15) is 18.4 Å². The van der Waals surface area contributed by atoms with Gasteiger partial charge in [-0.15, -0.1) is 0 Å². The molecule has 2 aromatic rings. The van der Waals surface area contributed by atoms with E-state index < -0.39 is 0 Å². The summed E-state index contributed by atoms with van der Waals surface area (Å²) in [6, 6.07) is 8.64. The zero-order valence-electron chi connectivity index (χ0n) is 11.5. The van der Waals surface area contributed by atoms with Crippen LogP contribution in [0.2, 0.25) is 0 Å². The number of hydrogen-bond donors (Lipinski definition) is 0. The normalized spacial score (nSPS) is 17.4. The van der Waals surface area contributed by atoms with Crippen molar-refractivity contribution in [2.75, 3.05) is 13.1 Å². The molecule has 1 saturated heterocycles. The average Bonchev–Trinajstić information content (AvgIpc) is 2.96. The van der Waals surface area contributed by atoms with Gasteiger partial charge >= 0.3 is 0 Å². The highest BCUT2D eigenvalue weighted by Crippen LogP contribution is 2.21. The van der Waals surface area contributed by atoms with Crippen LogP contribution in [0.3, 0.4) is 0 Å². The molecule has 5 heteroatoms. The fraction of sp³-hybridized carbons (Fsp3) is 0.467. The monoisotopic (exact) mass is 334 g/mol. The van der Waals surface area contributed by atoms with Crippen LogP contribution in [-0.4, -0.2) is 32.8 Å². The molecule has 1 fully saturated rings. The van der Waals surface area contributed by atoms with Gasteiger partial charge in [0.2, 0.25) is 0 Å². The van der Waals surface area contributed by atoms with Crippen LogP contribution in [0.25, 0.3) is 0 Å². The van der Waals surface area contributed by atoms with Gasteiger partial charge in [0.25, 0.3) is 0 Å². The van der Waals surface area contributed by atoms with Crippen molar-refractivity contribution >= 4 is 15.9 Å². The molecule has 0 unspecified atom stereocenters. The molecule has 0 atom stereocenters. The molecule has 2 heterocycles. The van der Waals surface area contributed by atoms with Crippen molar-refractivity contribution in [1.29, 1.82) is 0 Å². The number of nitrogens with zero attached hydrogens (tertiary/aromatic N) is 4. The van der Waals surface area contributed by atoms with Gasteiger partial charge in [-0.25, -0.2) is 4.98 Å². The van der Waals surface area contributed by atoms with Crippen molar-refractivity contribution in [2.45, 2.75) is 25.9 Å². The van der Waals surface area contributed by atoms with Gasteiger partial charge < -0.3 is 0 Å². The molecule has 0 spiro atoms. The number of likely N-dealkylation sites (tertiary alicyclic amines) is 1. The maximum absolute atomic E-state index is 4.19. The summed E-state index contributed by atoms with van der Waals surface area (Å²) in [5, 5.41) is 4.19. The zero-order chi connectivity index (χ0) is 13.8. The van der Waals surface area contributed by atoms with E-state index in [1.54, 1.807) is 6.33 Å². The molecular formula is C15H19BrN4. The van der Waals surface area contributed by atoms with Gasteiger partial charge in [-0.05, 0) is 49.5 Å². The summed E-state index contributed by atoms with van der Waals surface area (Å²) in [6.45, 7) is 4.42. The molecular weight excluding hydrogens is 316 g/mol. The number of hydrogen-bond acceptors (Lipinski definition) is 3. The minimum Gasteiger partial charge on any atom is -0.299 e. The molecule has 0 N–H and O–H groups in total. The van der Waals surface area contributed by atoms with Crippen molar-refractivity contribution in [3.05, 3.63) is 47.0 Å².